The van der Waals surface area contributed by atoms with Crippen molar-refractivity contribution in [2.75, 3.05) is 7.11 Å². The lowest BCUT2D eigenvalue weighted by Crippen LogP contribution is -2.23. The summed E-state index contributed by atoms with van der Waals surface area (Å²) < 4.78 is 13.4. The summed E-state index contributed by atoms with van der Waals surface area (Å²) in [5.74, 6) is 1.35. The number of benzene rings is 2. The third kappa shape index (κ3) is 5.16. The molecular weight excluding hydrogens is 371 g/mol. The first-order valence-electron chi connectivity index (χ1n) is 8.34. The van der Waals surface area contributed by atoms with Gasteiger partial charge in [-0.3, -0.25) is 0 Å². The Morgan fingerprint density at radius 2 is 1.92 bits per heavy atom. The van der Waals surface area contributed by atoms with Crippen LogP contribution in [0.5, 0.6) is 11.5 Å². The van der Waals surface area contributed by atoms with E-state index in [9.17, 15) is 0 Å². The average molecular weight is 391 g/mol. The molecule has 136 valence electrons. The Kier molecular flexibility index (Phi) is 6.42. The van der Waals surface area contributed by atoms with Crippen LogP contribution in [0.4, 0.5) is 0 Å². The molecule has 1 unspecified atom stereocenters. The molecule has 2 aromatic carbocycles. The SMILES string of the molecule is COc1ccc(OC(CCc2ccc(Cl)cc2)Cn2ccnc2)c(Cl)c1. The van der Waals surface area contributed by atoms with Crippen LogP contribution in [0.1, 0.15) is 12.0 Å². The molecule has 0 spiro atoms. The number of imidazole rings is 1. The molecule has 0 saturated carbocycles. The van der Waals surface area contributed by atoms with Crippen LogP contribution in [0.3, 0.4) is 0 Å². The molecule has 0 aliphatic carbocycles. The highest BCUT2D eigenvalue weighted by atomic mass is 35.5. The van der Waals surface area contributed by atoms with Crippen LogP contribution in [0.15, 0.2) is 61.2 Å². The Balaban J connectivity index is 1.71. The van der Waals surface area contributed by atoms with Gasteiger partial charge in [0, 0.05) is 23.5 Å². The molecule has 6 heteroatoms. The van der Waals surface area contributed by atoms with E-state index in [1.807, 2.05) is 47.2 Å². The first-order valence-corrected chi connectivity index (χ1v) is 9.10. The summed E-state index contributed by atoms with van der Waals surface area (Å²) in [6, 6.07) is 13.3. The number of halogens is 2. The summed E-state index contributed by atoms with van der Waals surface area (Å²) in [6.07, 6.45) is 7.14. The van der Waals surface area contributed by atoms with Crippen molar-refractivity contribution in [2.24, 2.45) is 0 Å². The largest absolute Gasteiger partial charge is 0.497 e. The molecule has 3 aromatic rings. The van der Waals surface area contributed by atoms with Gasteiger partial charge in [-0.2, -0.15) is 0 Å². The van der Waals surface area contributed by atoms with Gasteiger partial charge in [0.2, 0.25) is 0 Å². The van der Waals surface area contributed by atoms with Gasteiger partial charge < -0.3 is 14.0 Å². The van der Waals surface area contributed by atoms with Crippen molar-refractivity contribution < 1.29 is 9.47 Å². The van der Waals surface area contributed by atoms with Crippen molar-refractivity contribution in [3.63, 3.8) is 0 Å². The minimum Gasteiger partial charge on any atom is -0.497 e. The van der Waals surface area contributed by atoms with E-state index >= 15 is 0 Å². The van der Waals surface area contributed by atoms with Gasteiger partial charge >= 0.3 is 0 Å². The predicted octanol–water partition coefficient (Wildman–Crippen LogP) is 5.28. The quantitative estimate of drug-likeness (QED) is 0.524. The van der Waals surface area contributed by atoms with Crippen LogP contribution in [0.25, 0.3) is 0 Å². The molecule has 26 heavy (non-hydrogen) atoms. The molecule has 0 aliphatic rings. The fourth-order valence-corrected chi connectivity index (χ4v) is 3.02. The van der Waals surface area contributed by atoms with Crippen molar-refractivity contribution in [1.29, 1.82) is 0 Å². The Bertz CT molecular complexity index is 820. The third-order valence-corrected chi connectivity index (χ3v) is 4.62. The molecule has 3 rings (SSSR count). The zero-order valence-corrected chi connectivity index (χ0v) is 16.0. The molecule has 0 amide bonds. The molecule has 4 nitrogen and oxygen atoms in total. The molecule has 0 N–H and O–H groups in total. The van der Waals surface area contributed by atoms with E-state index in [0.717, 1.165) is 17.9 Å². The van der Waals surface area contributed by atoms with Crippen molar-refractivity contribution in [2.45, 2.75) is 25.5 Å². The van der Waals surface area contributed by atoms with Crippen molar-refractivity contribution >= 4 is 23.2 Å². The van der Waals surface area contributed by atoms with E-state index in [1.165, 1.54) is 5.56 Å². The van der Waals surface area contributed by atoms with Crippen LogP contribution in [0.2, 0.25) is 10.0 Å². The van der Waals surface area contributed by atoms with Gasteiger partial charge in [0.25, 0.3) is 0 Å². The summed E-state index contributed by atoms with van der Waals surface area (Å²) in [5, 5.41) is 1.27. The number of rotatable bonds is 8. The summed E-state index contributed by atoms with van der Waals surface area (Å²) >= 11 is 12.3. The highest BCUT2D eigenvalue weighted by molar-refractivity contribution is 6.32. The lowest BCUT2D eigenvalue weighted by molar-refractivity contribution is 0.170. The van der Waals surface area contributed by atoms with Gasteiger partial charge in [-0.25, -0.2) is 4.98 Å². The van der Waals surface area contributed by atoms with Crippen LogP contribution in [-0.2, 0) is 13.0 Å². The molecule has 0 radical (unpaired) electrons. The second-order valence-electron chi connectivity index (χ2n) is 5.96. The van der Waals surface area contributed by atoms with Gasteiger partial charge in [0.1, 0.15) is 17.6 Å². The molecule has 0 bridgehead atoms. The standard InChI is InChI=1S/C20H20Cl2N2O2/c1-25-17-8-9-20(19(22)12-17)26-18(13-24-11-10-23-14-24)7-4-15-2-5-16(21)6-3-15/h2-3,5-6,8-12,14,18H,4,7,13H2,1H3. The number of aromatic nitrogens is 2. The number of hydrogen-bond donors (Lipinski definition) is 0. The highest BCUT2D eigenvalue weighted by Gasteiger charge is 2.14. The Morgan fingerprint density at radius 1 is 1.12 bits per heavy atom. The van der Waals surface area contributed by atoms with Crippen LogP contribution < -0.4 is 9.47 Å². The van der Waals surface area contributed by atoms with E-state index < -0.39 is 0 Å². The zero-order chi connectivity index (χ0) is 18.4. The van der Waals surface area contributed by atoms with Crippen LogP contribution in [-0.4, -0.2) is 22.8 Å². The fraction of sp³-hybridized carbons (Fsp3) is 0.250. The highest BCUT2D eigenvalue weighted by Crippen LogP contribution is 2.30. The molecule has 1 atom stereocenters. The number of methoxy groups -OCH3 is 1. The summed E-state index contributed by atoms with van der Waals surface area (Å²) in [6.45, 7) is 0.690. The Hall–Kier alpha value is -2.17. The maximum atomic E-state index is 6.33. The topological polar surface area (TPSA) is 36.3 Å². The first kappa shape index (κ1) is 18.6. The number of nitrogens with zero attached hydrogens (tertiary/aromatic N) is 2. The molecule has 0 saturated heterocycles. The van der Waals surface area contributed by atoms with Crippen LogP contribution >= 0.6 is 23.2 Å². The number of aryl methyl sites for hydroxylation is 1. The Morgan fingerprint density at radius 3 is 2.58 bits per heavy atom. The monoisotopic (exact) mass is 390 g/mol. The average Bonchev–Trinajstić information content (AvgIpc) is 3.15. The van der Waals surface area contributed by atoms with Crippen LogP contribution in [0, 0.1) is 0 Å². The molecule has 1 heterocycles. The van der Waals surface area contributed by atoms with E-state index in [1.54, 1.807) is 25.7 Å². The smallest absolute Gasteiger partial charge is 0.138 e. The van der Waals surface area contributed by atoms with Gasteiger partial charge in [-0.05, 0) is 42.7 Å². The normalized spacial score (nSPS) is 12.0. The molecule has 0 aliphatic heterocycles. The predicted molar refractivity (Wildman–Crippen MR) is 104 cm³/mol. The van der Waals surface area contributed by atoms with Gasteiger partial charge in [0.05, 0.1) is 25.0 Å². The second-order valence-corrected chi connectivity index (χ2v) is 6.80. The molecule has 0 fully saturated rings. The lowest BCUT2D eigenvalue weighted by Gasteiger charge is -2.21. The maximum absolute atomic E-state index is 6.33. The Labute approximate surface area is 163 Å². The maximum Gasteiger partial charge on any atom is 0.138 e. The van der Waals surface area contributed by atoms with E-state index in [4.69, 9.17) is 32.7 Å². The van der Waals surface area contributed by atoms with Crippen molar-refractivity contribution in [3.8, 4) is 11.5 Å². The molecular formula is C20H20Cl2N2O2. The van der Waals surface area contributed by atoms with Gasteiger partial charge in [-0.1, -0.05) is 35.3 Å². The lowest BCUT2D eigenvalue weighted by atomic mass is 10.1. The number of ether oxygens (including phenoxy) is 2. The summed E-state index contributed by atoms with van der Waals surface area (Å²) in [7, 11) is 1.61. The number of hydrogen-bond acceptors (Lipinski definition) is 3. The third-order valence-electron chi connectivity index (χ3n) is 4.07. The van der Waals surface area contributed by atoms with Gasteiger partial charge in [-0.15, -0.1) is 0 Å². The molecule has 1 aromatic heterocycles. The van der Waals surface area contributed by atoms with Gasteiger partial charge in [0.15, 0.2) is 0 Å². The minimum absolute atomic E-state index is 0.0502. The summed E-state index contributed by atoms with van der Waals surface area (Å²) in [4.78, 5) is 4.10. The van der Waals surface area contributed by atoms with E-state index in [-0.39, 0.29) is 6.10 Å². The second kappa shape index (κ2) is 8.97. The van der Waals surface area contributed by atoms with Crippen molar-refractivity contribution in [3.05, 3.63) is 76.8 Å². The summed E-state index contributed by atoms with van der Waals surface area (Å²) in [5.41, 5.74) is 1.22. The first-order chi connectivity index (χ1) is 12.6. The van der Waals surface area contributed by atoms with E-state index in [2.05, 4.69) is 4.98 Å². The zero-order valence-electron chi connectivity index (χ0n) is 14.4. The minimum atomic E-state index is -0.0502. The van der Waals surface area contributed by atoms with E-state index in [0.29, 0.717) is 23.1 Å². The fourth-order valence-electron chi connectivity index (χ4n) is 2.68. The van der Waals surface area contributed by atoms with Crippen molar-refractivity contribution in [1.82, 2.24) is 9.55 Å².